The predicted molar refractivity (Wildman–Crippen MR) is 57.8 cm³/mol. The number of alkyl halides is 2. The van der Waals surface area contributed by atoms with Crippen LogP contribution in [-0.2, 0) is 10.0 Å². The Morgan fingerprint density at radius 3 is 2.18 bits per heavy atom. The predicted octanol–water partition coefficient (Wildman–Crippen LogP) is 0.459. The quantitative estimate of drug-likeness (QED) is 0.742. The smallest absolute Gasteiger partial charge is 0.285 e. The number of sulfonamides is 1. The molecule has 17 heavy (non-hydrogen) atoms. The molecular formula is C9H15F2N3O2S. The molecule has 0 aromatic heterocycles. The molecule has 0 spiro atoms. The van der Waals surface area contributed by atoms with Gasteiger partial charge in [0.25, 0.3) is 10.0 Å². The van der Waals surface area contributed by atoms with Crippen LogP contribution in [0.2, 0.25) is 0 Å². The minimum atomic E-state index is -4.47. The van der Waals surface area contributed by atoms with Gasteiger partial charge in [0.2, 0.25) is 0 Å². The van der Waals surface area contributed by atoms with Crippen molar-refractivity contribution in [2.24, 2.45) is 0 Å². The summed E-state index contributed by atoms with van der Waals surface area (Å²) in [5.74, 6) is -3.37. The van der Waals surface area contributed by atoms with Crippen molar-refractivity contribution in [1.29, 1.82) is 5.26 Å². The van der Waals surface area contributed by atoms with Gasteiger partial charge in [-0.15, -0.1) is 0 Å². The number of nitrogens with zero attached hydrogens (tertiary/aromatic N) is 3. The van der Waals surface area contributed by atoms with Crippen LogP contribution in [0.15, 0.2) is 0 Å². The van der Waals surface area contributed by atoms with Gasteiger partial charge in [-0.1, -0.05) is 6.92 Å². The van der Waals surface area contributed by atoms with Crippen molar-refractivity contribution < 1.29 is 17.2 Å². The van der Waals surface area contributed by atoms with Gasteiger partial charge in [-0.25, -0.2) is 8.42 Å². The van der Waals surface area contributed by atoms with Crippen LogP contribution in [-0.4, -0.2) is 55.6 Å². The van der Waals surface area contributed by atoms with Crippen molar-refractivity contribution in [1.82, 2.24) is 9.21 Å². The molecule has 0 saturated carbocycles. The lowest BCUT2D eigenvalue weighted by Gasteiger charge is -2.35. The molecule has 0 aliphatic carbocycles. The zero-order valence-corrected chi connectivity index (χ0v) is 10.3. The van der Waals surface area contributed by atoms with Gasteiger partial charge in [-0.05, 0) is 6.42 Å². The van der Waals surface area contributed by atoms with E-state index in [4.69, 9.17) is 5.26 Å². The lowest BCUT2D eigenvalue weighted by atomic mass is 10.2. The van der Waals surface area contributed by atoms with E-state index in [0.29, 0.717) is 19.5 Å². The number of nitriles is 1. The second-order valence-electron chi connectivity index (χ2n) is 3.79. The fourth-order valence-corrected chi connectivity index (χ4v) is 2.71. The molecule has 0 N–H and O–H groups in total. The Labute approximate surface area is 99.7 Å². The monoisotopic (exact) mass is 267 g/mol. The zero-order chi connectivity index (χ0) is 13.1. The molecule has 1 rings (SSSR count). The third-order valence-corrected chi connectivity index (χ3v) is 4.37. The van der Waals surface area contributed by atoms with Crippen LogP contribution >= 0.6 is 0 Å². The highest BCUT2D eigenvalue weighted by Gasteiger charge is 2.35. The molecule has 0 aromatic carbocycles. The van der Waals surface area contributed by atoms with E-state index in [0.717, 1.165) is 4.31 Å². The lowest BCUT2D eigenvalue weighted by Crippen LogP contribution is -2.52. The van der Waals surface area contributed by atoms with Crippen LogP contribution in [0.3, 0.4) is 0 Å². The van der Waals surface area contributed by atoms with Crippen LogP contribution in [0.1, 0.15) is 13.3 Å². The SMILES string of the molecule is CCC(C#N)N1CCN(S(=O)(=O)C(F)F)CC1. The first-order valence-corrected chi connectivity index (χ1v) is 6.84. The van der Waals surface area contributed by atoms with Gasteiger partial charge in [0.15, 0.2) is 0 Å². The van der Waals surface area contributed by atoms with Crippen molar-refractivity contribution in [2.75, 3.05) is 26.2 Å². The van der Waals surface area contributed by atoms with Crippen molar-refractivity contribution in [3.63, 3.8) is 0 Å². The van der Waals surface area contributed by atoms with E-state index in [1.807, 2.05) is 11.8 Å². The normalized spacial score (nSPS) is 21.4. The molecule has 1 aliphatic rings. The van der Waals surface area contributed by atoms with Crippen molar-refractivity contribution in [3.8, 4) is 6.07 Å². The first-order chi connectivity index (χ1) is 7.93. The number of hydrogen-bond acceptors (Lipinski definition) is 4. The molecule has 0 bridgehead atoms. The van der Waals surface area contributed by atoms with Gasteiger partial charge in [-0.3, -0.25) is 4.90 Å². The average Bonchev–Trinajstić information content (AvgIpc) is 2.31. The molecule has 1 aliphatic heterocycles. The van der Waals surface area contributed by atoms with Crippen molar-refractivity contribution in [3.05, 3.63) is 0 Å². The van der Waals surface area contributed by atoms with E-state index in [9.17, 15) is 17.2 Å². The molecule has 5 nitrogen and oxygen atoms in total. The van der Waals surface area contributed by atoms with Gasteiger partial charge in [-0.2, -0.15) is 18.3 Å². The lowest BCUT2D eigenvalue weighted by molar-refractivity contribution is 0.148. The summed E-state index contributed by atoms with van der Waals surface area (Å²) in [6.07, 6.45) is 0.637. The highest BCUT2D eigenvalue weighted by molar-refractivity contribution is 7.89. The fraction of sp³-hybridized carbons (Fsp3) is 0.889. The summed E-state index contributed by atoms with van der Waals surface area (Å²) in [5, 5.41) is 8.85. The van der Waals surface area contributed by atoms with E-state index < -0.39 is 15.8 Å². The molecule has 1 saturated heterocycles. The maximum Gasteiger partial charge on any atom is 0.350 e. The fourth-order valence-electron chi connectivity index (χ4n) is 1.81. The van der Waals surface area contributed by atoms with Gasteiger partial charge in [0, 0.05) is 26.2 Å². The maximum absolute atomic E-state index is 12.3. The van der Waals surface area contributed by atoms with Gasteiger partial charge < -0.3 is 0 Å². The maximum atomic E-state index is 12.3. The van der Waals surface area contributed by atoms with E-state index in [1.54, 1.807) is 0 Å². The third-order valence-electron chi connectivity index (χ3n) is 2.83. The Kier molecular flexibility index (Phi) is 4.80. The second kappa shape index (κ2) is 5.71. The topological polar surface area (TPSA) is 64.4 Å². The average molecular weight is 267 g/mol. The molecule has 98 valence electrons. The van der Waals surface area contributed by atoms with E-state index in [-0.39, 0.29) is 19.1 Å². The standard InChI is InChI=1S/C9H15F2N3O2S/c1-2-8(7-12)13-3-5-14(6-4-13)17(15,16)9(10)11/h8-9H,2-6H2,1H3. The Hall–Kier alpha value is -0.780. The number of piperazine rings is 1. The molecule has 0 radical (unpaired) electrons. The van der Waals surface area contributed by atoms with Crippen LogP contribution in [0.25, 0.3) is 0 Å². The largest absolute Gasteiger partial charge is 0.350 e. The molecule has 1 fully saturated rings. The Balaban J connectivity index is 2.61. The number of halogens is 2. The number of rotatable bonds is 4. The van der Waals surface area contributed by atoms with Gasteiger partial charge in [0.05, 0.1) is 12.1 Å². The van der Waals surface area contributed by atoms with Gasteiger partial charge >= 0.3 is 5.76 Å². The van der Waals surface area contributed by atoms with Crippen LogP contribution in [0.5, 0.6) is 0 Å². The van der Waals surface area contributed by atoms with E-state index in [1.165, 1.54) is 0 Å². The summed E-state index contributed by atoms with van der Waals surface area (Å²) in [7, 11) is -4.47. The minimum absolute atomic E-state index is 0.0187. The highest BCUT2D eigenvalue weighted by Crippen LogP contribution is 2.16. The van der Waals surface area contributed by atoms with Crippen LogP contribution < -0.4 is 0 Å². The molecule has 1 heterocycles. The van der Waals surface area contributed by atoms with Crippen molar-refractivity contribution >= 4 is 10.0 Å². The molecule has 0 aromatic rings. The Bertz CT molecular complexity index is 386. The Morgan fingerprint density at radius 2 is 1.82 bits per heavy atom. The van der Waals surface area contributed by atoms with E-state index >= 15 is 0 Å². The molecule has 0 amide bonds. The third kappa shape index (κ3) is 3.12. The number of hydrogen-bond donors (Lipinski definition) is 0. The highest BCUT2D eigenvalue weighted by atomic mass is 32.2. The second-order valence-corrected chi connectivity index (χ2v) is 5.70. The Morgan fingerprint density at radius 1 is 1.29 bits per heavy atom. The van der Waals surface area contributed by atoms with Crippen LogP contribution in [0.4, 0.5) is 8.78 Å². The summed E-state index contributed by atoms with van der Waals surface area (Å²) in [4.78, 5) is 1.82. The summed E-state index contributed by atoms with van der Waals surface area (Å²) in [6, 6.07) is 1.84. The molecule has 1 atom stereocenters. The first kappa shape index (κ1) is 14.3. The first-order valence-electron chi connectivity index (χ1n) is 5.34. The summed E-state index contributed by atoms with van der Waals surface area (Å²) >= 11 is 0. The summed E-state index contributed by atoms with van der Waals surface area (Å²) in [5.41, 5.74) is 0. The minimum Gasteiger partial charge on any atom is -0.285 e. The molecule has 1 unspecified atom stereocenters. The van der Waals surface area contributed by atoms with Crippen LogP contribution in [0, 0.1) is 11.3 Å². The molecular weight excluding hydrogens is 252 g/mol. The summed E-state index contributed by atoms with van der Waals surface area (Å²) < 4.78 is 47.8. The van der Waals surface area contributed by atoms with Crippen molar-refractivity contribution in [2.45, 2.75) is 25.1 Å². The molecule has 8 heteroatoms. The summed E-state index contributed by atoms with van der Waals surface area (Å²) in [6.45, 7) is 2.53. The zero-order valence-electron chi connectivity index (χ0n) is 9.51. The van der Waals surface area contributed by atoms with E-state index in [2.05, 4.69) is 6.07 Å². The van der Waals surface area contributed by atoms with Gasteiger partial charge in [0.1, 0.15) is 0 Å².